The molecule has 26 heavy (non-hydrogen) atoms. The van der Waals surface area contributed by atoms with E-state index in [-0.39, 0.29) is 24.4 Å². The molecule has 5 nitrogen and oxygen atoms in total. The molecule has 0 radical (unpaired) electrons. The predicted molar refractivity (Wildman–Crippen MR) is 99.9 cm³/mol. The molecule has 1 saturated heterocycles. The Balaban J connectivity index is 1.65. The quantitative estimate of drug-likeness (QED) is 0.867. The molecule has 7 heteroatoms. The van der Waals surface area contributed by atoms with Crippen LogP contribution < -0.4 is 10.5 Å². The highest BCUT2D eigenvalue weighted by atomic mass is 32.1. The fourth-order valence-electron chi connectivity index (χ4n) is 3.16. The van der Waals surface area contributed by atoms with Crippen molar-refractivity contribution in [3.8, 4) is 5.75 Å². The van der Waals surface area contributed by atoms with Crippen LogP contribution in [0, 0.1) is 18.7 Å². The zero-order valence-corrected chi connectivity index (χ0v) is 15.9. The Bertz CT molecular complexity index is 761. The Morgan fingerprint density at radius 3 is 2.88 bits per heavy atom. The molecule has 2 N–H and O–H groups in total. The highest BCUT2D eigenvalue weighted by molar-refractivity contribution is 7.13. The van der Waals surface area contributed by atoms with Gasteiger partial charge in [0.05, 0.1) is 5.69 Å². The lowest BCUT2D eigenvalue weighted by molar-refractivity contribution is 0.0665. The second kappa shape index (κ2) is 8.14. The van der Waals surface area contributed by atoms with E-state index < -0.39 is 0 Å². The third-order valence-corrected chi connectivity index (χ3v) is 5.82. The second-order valence-electron chi connectivity index (χ2n) is 6.78. The molecular formula is C19H24FN3O2S. The molecule has 0 aliphatic carbocycles. The van der Waals surface area contributed by atoms with Crippen LogP contribution in [0.1, 0.15) is 40.1 Å². The van der Waals surface area contributed by atoms with Gasteiger partial charge < -0.3 is 15.4 Å². The van der Waals surface area contributed by atoms with Crippen LogP contribution >= 0.6 is 11.3 Å². The molecule has 2 heterocycles. The number of carbonyl (C=O) groups excluding carboxylic acids is 1. The number of benzene rings is 1. The lowest BCUT2D eigenvalue weighted by Gasteiger charge is -2.34. The van der Waals surface area contributed by atoms with Crippen LogP contribution in [0.15, 0.2) is 24.3 Å². The van der Waals surface area contributed by atoms with Gasteiger partial charge in [-0.3, -0.25) is 4.79 Å². The largest absolute Gasteiger partial charge is 0.486 e. The molecular weight excluding hydrogens is 353 g/mol. The normalized spacial score (nSPS) is 18.6. The number of hydrogen-bond acceptors (Lipinski definition) is 5. The first-order valence-corrected chi connectivity index (χ1v) is 9.65. The number of aromatic nitrogens is 1. The number of rotatable bonds is 5. The minimum atomic E-state index is -0.304. The number of amides is 1. The molecule has 140 valence electrons. The number of carbonyl (C=O) groups is 1. The van der Waals surface area contributed by atoms with Crippen molar-refractivity contribution in [2.45, 2.75) is 39.3 Å². The first-order chi connectivity index (χ1) is 12.4. The maximum absolute atomic E-state index is 12.9. The topological polar surface area (TPSA) is 68.5 Å². The number of nitrogens with zero attached hydrogens (tertiary/aromatic N) is 2. The van der Waals surface area contributed by atoms with E-state index in [2.05, 4.69) is 4.98 Å². The van der Waals surface area contributed by atoms with Crippen LogP contribution in [0.5, 0.6) is 5.75 Å². The average Bonchev–Trinajstić information content (AvgIpc) is 3.01. The number of halogens is 1. The van der Waals surface area contributed by atoms with Crippen molar-refractivity contribution in [2.24, 2.45) is 11.7 Å². The van der Waals surface area contributed by atoms with Crippen LogP contribution in [0.2, 0.25) is 0 Å². The molecule has 1 aromatic heterocycles. The van der Waals surface area contributed by atoms with E-state index in [1.54, 1.807) is 12.1 Å². The van der Waals surface area contributed by atoms with Crippen molar-refractivity contribution < 1.29 is 13.9 Å². The summed E-state index contributed by atoms with van der Waals surface area (Å²) < 4.78 is 18.6. The molecule has 3 rings (SSSR count). The highest BCUT2D eigenvalue weighted by Gasteiger charge is 2.28. The minimum Gasteiger partial charge on any atom is -0.486 e. The Kier molecular flexibility index (Phi) is 5.88. The van der Waals surface area contributed by atoms with E-state index in [0.29, 0.717) is 23.1 Å². The van der Waals surface area contributed by atoms with Crippen molar-refractivity contribution in [1.29, 1.82) is 0 Å². The maximum atomic E-state index is 12.9. The standard InChI is InChI=1S/C19H24FN3O2S/c1-12(21)14-4-3-9-23(10-14)19(24)18-13(2)22-17(26-18)11-25-16-7-5-15(20)6-8-16/h5-8,12,14H,3-4,9-11,21H2,1-2H3. The number of ether oxygens (including phenoxy) is 1. The smallest absolute Gasteiger partial charge is 0.265 e. The summed E-state index contributed by atoms with van der Waals surface area (Å²) in [6, 6.07) is 5.94. The summed E-state index contributed by atoms with van der Waals surface area (Å²) in [5.41, 5.74) is 6.74. The van der Waals surface area contributed by atoms with Crippen molar-refractivity contribution >= 4 is 17.2 Å². The van der Waals surface area contributed by atoms with Crippen LogP contribution in [0.4, 0.5) is 4.39 Å². The van der Waals surface area contributed by atoms with Gasteiger partial charge in [-0.25, -0.2) is 9.37 Å². The van der Waals surface area contributed by atoms with Crippen LogP contribution in [0.25, 0.3) is 0 Å². The maximum Gasteiger partial charge on any atom is 0.265 e. The van der Waals surface area contributed by atoms with Gasteiger partial charge in [0.1, 0.15) is 28.1 Å². The molecule has 0 spiro atoms. The van der Waals surface area contributed by atoms with E-state index in [1.807, 2.05) is 18.7 Å². The van der Waals surface area contributed by atoms with E-state index >= 15 is 0 Å². The first kappa shape index (κ1) is 18.8. The van der Waals surface area contributed by atoms with Gasteiger partial charge in [0.15, 0.2) is 0 Å². The Hall–Kier alpha value is -1.99. The summed E-state index contributed by atoms with van der Waals surface area (Å²) in [7, 11) is 0. The zero-order valence-electron chi connectivity index (χ0n) is 15.1. The summed E-state index contributed by atoms with van der Waals surface area (Å²) in [6.45, 7) is 5.57. The highest BCUT2D eigenvalue weighted by Crippen LogP contribution is 2.25. The Labute approximate surface area is 157 Å². The summed E-state index contributed by atoms with van der Waals surface area (Å²) in [6.07, 6.45) is 2.05. The van der Waals surface area contributed by atoms with Gasteiger partial charge in [-0.1, -0.05) is 0 Å². The summed E-state index contributed by atoms with van der Waals surface area (Å²) in [5.74, 6) is 0.644. The first-order valence-electron chi connectivity index (χ1n) is 8.83. The van der Waals surface area contributed by atoms with Crippen molar-refractivity contribution in [3.63, 3.8) is 0 Å². The number of aryl methyl sites for hydroxylation is 1. The molecule has 1 aromatic carbocycles. The summed E-state index contributed by atoms with van der Waals surface area (Å²) >= 11 is 1.36. The Morgan fingerprint density at radius 1 is 1.46 bits per heavy atom. The van der Waals surface area contributed by atoms with Crippen molar-refractivity contribution in [2.75, 3.05) is 13.1 Å². The van der Waals surface area contributed by atoms with E-state index in [9.17, 15) is 9.18 Å². The van der Waals surface area contributed by atoms with Crippen LogP contribution in [0.3, 0.4) is 0 Å². The van der Waals surface area contributed by atoms with Gasteiger partial charge in [0.2, 0.25) is 0 Å². The molecule has 0 saturated carbocycles. The number of thiazole rings is 1. The van der Waals surface area contributed by atoms with Gasteiger partial charge in [0, 0.05) is 19.1 Å². The molecule has 1 aliphatic heterocycles. The number of likely N-dealkylation sites (tertiary alicyclic amines) is 1. The molecule has 2 aromatic rings. The molecule has 0 bridgehead atoms. The lowest BCUT2D eigenvalue weighted by atomic mass is 9.92. The summed E-state index contributed by atoms with van der Waals surface area (Å²) in [4.78, 5) is 19.9. The Morgan fingerprint density at radius 2 is 2.19 bits per heavy atom. The van der Waals surface area contributed by atoms with Crippen LogP contribution in [-0.4, -0.2) is 34.9 Å². The van der Waals surface area contributed by atoms with Crippen molar-refractivity contribution in [3.05, 3.63) is 45.7 Å². The van der Waals surface area contributed by atoms with Gasteiger partial charge in [0.25, 0.3) is 5.91 Å². The minimum absolute atomic E-state index is 0.0263. The number of piperidine rings is 1. The molecule has 1 fully saturated rings. The fraction of sp³-hybridized carbons (Fsp3) is 0.474. The van der Waals surface area contributed by atoms with Crippen molar-refractivity contribution in [1.82, 2.24) is 9.88 Å². The predicted octanol–water partition coefficient (Wildman–Crippen LogP) is 3.37. The van der Waals surface area contributed by atoms with E-state index in [0.717, 1.165) is 30.1 Å². The van der Waals surface area contributed by atoms with Gasteiger partial charge in [-0.05, 0) is 56.9 Å². The van der Waals surface area contributed by atoms with E-state index in [4.69, 9.17) is 10.5 Å². The summed E-state index contributed by atoms with van der Waals surface area (Å²) in [5, 5.41) is 0.732. The average molecular weight is 377 g/mol. The zero-order chi connectivity index (χ0) is 18.7. The molecule has 1 amide bonds. The monoisotopic (exact) mass is 377 g/mol. The third-order valence-electron chi connectivity index (χ3n) is 4.70. The third kappa shape index (κ3) is 4.40. The van der Waals surface area contributed by atoms with Gasteiger partial charge >= 0.3 is 0 Å². The number of nitrogens with two attached hydrogens (primary N) is 1. The molecule has 1 aliphatic rings. The lowest BCUT2D eigenvalue weighted by Crippen LogP contribution is -2.45. The van der Waals surface area contributed by atoms with E-state index in [1.165, 1.54) is 23.5 Å². The van der Waals surface area contributed by atoms with Gasteiger partial charge in [-0.15, -0.1) is 11.3 Å². The molecule has 2 atom stereocenters. The number of hydrogen-bond donors (Lipinski definition) is 1. The fourth-order valence-corrected chi connectivity index (χ4v) is 4.10. The van der Waals surface area contributed by atoms with Crippen LogP contribution in [-0.2, 0) is 6.61 Å². The SMILES string of the molecule is Cc1nc(COc2ccc(F)cc2)sc1C(=O)N1CCCC(C(C)N)C1. The second-order valence-corrected chi connectivity index (χ2v) is 7.86. The van der Waals surface area contributed by atoms with Gasteiger partial charge in [-0.2, -0.15) is 0 Å². The molecule has 2 unspecified atom stereocenters.